The summed E-state index contributed by atoms with van der Waals surface area (Å²) in [6.07, 6.45) is 6.24. The highest BCUT2D eigenvalue weighted by Gasteiger charge is 2.24. The van der Waals surface area contributed by atoms with Crippen LogP contribution in [0.25, 0.3) is 0 Å². The Morgan fingerprint density at radius 2 is 1.95 bits per heavy atom. The van der Waals surface area contributed by atoms with Crippen LogP contribution in [0.1, 0.15) is 42.4 Å². The highest BCUT2D eigenvalue weighted by Crippen LogP contribution is 2.21. The van der Waals surface area contributed by atoms with E-state index in [0.717, 1.165) is 13.0 Å². The molecule has 1 saturated carbocycles. The van der Waals surface area contributed by atoms with Crippen molar-refractivity contribution in [2.24, 2.45) is 5.73 Å². The summed E-state index contributed by atoms with van der Waals surface area (Å²) in [5.74, 6) is 0. The molecule has 1 aliphatic carbocycles. The molecule has 0 spiro atoms. The van der Waals surface area contributed by atoms with E-state index in [1.165, 1.54) is 42.4 Å². The first-order chi connectivity index (χ1) is 9.08. The standard InChI is InChI=1S/C17H28N2/c1-13-8-9-14(2)15(12-13)10-11-19(3)17-7-5-4-6-16(17)18/h8-9,12,16-17H,4-7,10-11,18H2,1-3H3. The van der Waals surface area contributed by atoms with Gasteiger partial charge in [0.1, 0.15) is 0 Å². The molecule has 0 heterocycles. The molecule has 2 nitrogen and oxygen atoms in total. The predicted molar refractivity (Wildman–Crippen MR) is 82.5 cm³/mol. The molecule has 1 aromatic carbocycles. The Labute approximate surface area is 118 Å². The van der Waals surface area contributed by atoms with Crippen molar-refractivity contribution in [1.82, 2.24) is 4.90 Å². The summed E-state index contributed by atoms with van der Waals surface area (Å²) in [6, 6.07) is 7.71. The van der Waals surface area contributed by atoms with Gasteiger partial charge in [-0.25, -0.2) is 0 Å². The van der Waals surface area contributed by atoms with Gasteiger partial charge in [-0.15, -0.1) is 0 Å². The summed E-state index contributed by atoms with van der Waals surface area (Å²) in [5, 5.41) is 0. The average Bonchev–Trinajstić information content (AvgIpc) is 2.40. The smallest absolute Gasteiger partial charge is 0.0244 e. The van der Waals surface area contributed by atoms with Crippen LogP contribution in [0, 0.1) is 13.8 Å². The minimum Gasteiger partial charge on any atom is -0.326 e. The Balaban J connectivity index is 1.92. The Morgan fingerprint density at radius 1 is 1.21 bits per heavy atom. The van der Waals surface area contributed by atoms with E-state index in [1.54, 1.807) is 0 Å². The molecular formula is C17H28N2. The third-order valence-electron chi connectivity index (χ3n) is 4.59. The van der Waals surface area contributed by atoms with Gasteiger partial charge in [-0.1, -0.05) is 36.6 Å². The summed E-state index contributed by atoms with van der Waals surface area (Å²) in [7, 11) is 2.24. The van der Waals surface area contributed by atoms with Crippen LogP contribution in [0.2, 0.25) is 0 Å². The Bertz CT molecular complexity index is 414. The molecule has 19 heavy (non-hydrogen) atoms. The van der Waals surface area contributed by atoms with Gasteiger partial charge < -0.3 is 10.6 Å². The minimum atomic E-state index is 0.373. The highest BCUT2D eigenvalue weighted by atomic mass is 15.1. The van der Waals surface area contributed by atoms with E-state index in [4.69, 9.17) is 5.73 Å². The largest absolute Gasteiger partial charge is 0.326 e. The molecule has 1 aliphatic rings. The second kappa shape index (κ2) is 6.53. The lowest BCUT2D eigenvalue weighted by atomic mass is 9.90. The molecule has 1 fully saturated rings. The predicted octanol–water partition coefficient (Wildman–Crippen LogP) is 3.05. The van der Waals surface area contributed by atoms with Gasteiger partial charge in [-0.3, -0.25) is 0 Å². The molecule has 0 amide bonds. The van der Waals surface area contributed by atoms with Crippen LogP contribution >= 0.6 is 0 Å². The van der Waals surface area contributed by atoms with Crippen molar-refractivity contribution in [2.45, 2.75) is 58.0 Å². The van der Waals surface area contributed by atoms with Gasteiger partial charge >= 0.3 is 0 Å². The number of aryl methyl sites for hydroxylation is 2. The summed E-state index contributed by atoms with van der Waals surface area (Å²) >= 11 is 0. The van der Waals surface area contributed by atoms with Crippen molar-refractivity contribution in [1.29, 1.82) is 0 Å². The lowest BCUT2D eigenvalue weighted by Crippen LogP contribution is -2.48. The van der Waals surface area contributed by atoms with Crippen LogP contribution in [-0.2, 0) is 6.42 Å². The normalized spacial score (nSPS) is 23.8. The maximum Gasteiger partial charge on any atom is 0.0244 e. The van der Waals surface area contributed by atoms with E-state index >= 15 is 0 Å². The quantitative estimate of drug-likeness (QED) is 0.901. The molecule has 2 atom stereocenters. The number of nitrogens with two attached hydrogens (primary N) is 1. The lowest BCUT2D eigenvalue weighted by Gasteiger charge is -2.36. The van der Waals surface area contributed by atoms with Crippen LogP contribution in [0.5, 0.6) is 0 Å². The number of hydrogen-bond donors (Lipinski definition) is 1. The Kier molecular flexibility index (Phi) is 5.00. The van der Waals surface area contributed by atoms with E-state index in [1.807, 2.05) is 0 Å². The maximum absolute atomic E-state index is 6.26. The fraction of sp³-hybridized carbons (Fsp3) is 0.647. The van der Waals surface area contributed by atoms with Gasteiger partial charge in [0.05, 0.1) is 0 Å². The van der Waals surface area contributed by atoms with Crippen molar-refractivity contribution in [3.05, 3.63) is 34.9 Å². The SMILES string of the molecule is Cc1ccc(C)c(CCN(C)C2CCCCC2N)c1. The highest BCUT2D eigenvalue weighted by molar-refractivity contribution is 5.30. The summed E-state index contributed by atoms with van der Waals surface area (Å²) in [6.45, 7) is 5.49. The van der Waals surface area contributed by atoms with Crippen molar-refractivity contribution >= 4 is 0 Å². The van der Waals surface area contributed by atoms with Gasteiger partial charge in [-0.05, 0) is 51.3 Å². The number of benzene rings is 1. The second-order valence-electron chi connectivity index (χ2n) is 6.18. The molecule has 2 rings (SSSR count). The number of rotatable bonds is 4. The first kappa shape index (κ1) is 14.5. The van der Waals surface area contributed by atoms with E-state index in [-0.39, 0.29) is 0 Å². The van der Waals surface area contributed by atoms with E-state index in [9.17, 15) is 0 Å². The Hall–Kier alpha value is -0.860. The molecule has 2 unspecified atom stereocenters. The molecule has 0 bridgehead atoms. The van der Waals surface area contributed by atoms with Crippen LogP contribution < -0.4 is 5.73 Å². The van der Waals surface area contributed by atoms with Gasteiger partial charge in [0.2, 0.25) is 0 Å². The van der Waals surface area contributed by atoms with Crippen molar-refractivity contribution < 1.29 is 0 Å². The molecule has 0 aromatic heterocycles. The zero-order chi connectivity index (χ0) is 13.8. The first-order valence-corrected chi connectivity index (χ1v) is 7.60. The minimum absolute atomic E-state index is 0.373. The van der Waals surface area contributed by atoms with Crippen LogP contribution in [0.15, 0.2) is 18.2 Å². The fourth-order valence-electron chi connectivity index (χ4n) is 3.22. The maximum atomic E-state index is 6.26. The first-order valence-electron chi connectivity index (χ1n) is 7.60. The third-order valence-corrected chi connectivity index (χ3v) is 4.59. The molecule has 1 aromatic rings. The summed E-state index contributed by atoms with van der Waals surface area (Å²) < 4.78 is 0. The molecule has 2 N–H and O–H groups in total. The third kappa shape index (κ3) is 3.80. The topological polar surface area (TPSA) is 29.3 Å². The van der Waals surface area contributed by atoms with E-state index in [2.05, 4.69) is 44.0 Å². The second-order valence-corrected chi connectivity index (χ2v) is 6.18. The number of likely N-dealkylation sites (N-methyl/N-ethyl adjacent to an activating group) is 1. The van der Waals surface area contributed by atoms with E-state index in [0.29, 0.717) is 12.1 Å². The number of nitrogens with zero attached hydrogens (tertiary/aromatic N) is 1. The van der Waals surface area contributed by atoms with Gasteiger partial charge in [-0.2, -0.15) is 0 Å². The van der Waals surface area contributed by atoms with Crippen LogP contribution in [0.4, 0.5) is 0 Å². The molecule has 2 heteroatoms. The lowest BCUT2D eigenvalue weighted by molar-refractivity contribution is 0.170. The molecule has 106 valence electrons. The molecular weight excluding hydrogens is 232 g/mol. The zero-order valence-corrected chi connectivity index (χ0v) is 12.7. The monoisotopic (exact) mass is 260 g/mol. The molecule has 0 saturated heterocycles. The fourth-order valence-corrected chi connectivity index (χ4v) is 3.22. The van der Waals surface area contributed by atoms with Gasteiger partial charge in [0.25, 0.3) is 0 Å². The zero-order valence-electron chi connectivity index (χ0n) is 12.7. The molecule has 0 radical (unpaired) electrons. The van der Waals surface area contributed by atoms with Crippen LogP contribution in [-0.4, -0.2) is 30.6 Å². The van der Waals surface area contributed by atoms with Crippen molar-refractivity contribution in [3.63, 3.8) is 0 Å². The van der Waals surface area contributed by atoms with E-state index < -0.39 is 0 Å². The van der Waals surface area contributed by atoms with Gasteiger partial charge in [0.15, 0.2) is 0 Å². The summed E-state index contributed by atoms with van der Waals surface area (Å²) in [4.78, 5) is 2.48. The van der Waals surface area contributed by atoms with Crippen LogP contribution in [0.3, 0.4) is 0 Å². The molecule has 0 aliphatic heterocycles. The number of hydrogen-bond acceptors (Lipinski definition) is 2. The van der Waals surface area contributed by atoms with Crippen molar-refractivity contribution in [2.75, 3.05) is 13.6 Å². The van der Waals surface area contributed by atoms with Crippen molar-refractivity contribution in [3.8, 4) is 0 Å². The average molecular weight is 260 g/mol. The van der Waals surface area contributed by atoms with Gasteiger partial charge in [0, 0.05) is 18.6 Å². The Morgan fingerprint density at radius 3 is 2.68 bits per heavy atom. The summed E-state index contributed by atoms with van der Waals surface area (Å²) in [5.41, 5.74) is 10.5.